The molecule has 3 aliphatic carbocycles. The Morgan fingerprint density at radius 2 is 1.44 bits per heavy atom. The second-order valence-electron chi connectivity index (χ2n) is 10.4. The molecule has 2 saturated carbocycles. The first-order valence-electron chi connectivity index (χ1n) is 12.3. The summed E-state index contributed by atoms with van der Waals surface area (Å²) >= 11 is 7.72. The summed E-state index contributed by atoms with van der Waals surface area (Å²) in [6.45, 7) is 0. The van der Waals surface area contributed by atoms with E-state index < -0.39 is 0 Å². The van der Waals surface area contributed by atoms with Crippen molar-refractivity contribution < 1.29 is 0 Å². The molecule has 0 radical (unpaired) electrons. The number of fused-ring (bicyclic) bond motifs is 7. The minimum Gasteiger partial charge on any atom is -0.357 e. The molecule has 2 aromatic heterocycles. The molecule has 1 unspecified atom stereocenters. The molecule has 2 nitrogen and oxygen atoms in total. The number of rotatable bonds is 1. The second kappa shape index (κ2) is 7.24. The molecule has 1 atom stereocenters. The van der Waals surface area contributed by atoms with Gasteiger partial charge >= 0.3 is 0 Å². The van der Waals surface area contributed by atoms with E-state index in [1.54, 1.807) is 16.8 Å². The van der Waals surface area contributed by atoms with Gasteiger partial charge in [-0.2, -0.15) is 0 Å². The van der Waals surface area contributed by atoms with Crippen LogP contribution < -0.4 is 0 Å². The largest absolute Gasteiger partial charge is 0.357 e. The van der Waals surface area contributed by atoms with Crippen LogP contribution in [0.4, 0.5) is 0 Å². The van der Waals surface area contributed by atoms with Gasteiger partial charge in [-0.05, 0) is 93.1 Å². The first kappa shape index (κ1) is 19.9. The number of hydrogen-bond donors (Lipinski definition) is 2. The van der Waals surface area contributed by atoms with Crippen molar-refractivity contribution in [1.82, 2.24) is 9.97 Å². The van der Waals surface area contributed by atoms with Crippen LogP contribution in [0.1, 0.15) is 79.8 Å². The molecule has 0 aliphatic heterocycles. The third-order valence-corrected chi connectivity index (χ3v) is 10.2. The number of halogens is 2. The minimum atomic E-state index is 0.230. The maximum atomic E-state index is 4.02. The van der Waals surface area contributed by atoms with E-state index in [0.29, 0.717) is 11.8 Å². The summed E-state index contributed by atoms with van der Waals surface area (Å²) in [5.74, 6) is 1.17. The van der Waals surface area contributed by atoms with E-state index in [-0.39, 0.29) is 5.41 Å². The molecule has 7 rings (SSSR count). The highest BCUT2D eigenvalue weighted by molar-refractivity contribution is 9.11. The lowest BCUT2D eigenvalue weighted by Gasteiger charge is -2.29. The Hall–Kier alpha value is -1.52. The fraction of sp³-hybridized carbons (Fsp3) is 0.429. The zero-order valence-corrected chi connectivity index (χ0v) is 21.4. The van der Waals surface area contributed by atoms with E-state index in [9.17, 15) is 0 Å². The molecular formula is C28H28Br2N2. The number of aromatic nitrogens is 2. The van der Waals surface area contributed by atoms with Crippen molar-refractivity contribution >= 4 is 53.7 Å². The van der Waals surface area contributed by atoms with E-state index in [0.717, 1.165) is 6.42 Å². The van der Waals surface area contributed by atoms with Crippen LogP contribution in [0.25, 0.3) is 21.8 Å². The summed E-state index contributed by atoms with van der Waals surface area (Å²) < 4.78 is 2.39. The van der Waals surface area contributed by atoms with Crippen LogP contribution in [0.15, 0.2) is 45.3 Å². The van der Waals surface area contributed by atoms with Crippen molar-refractivity contribution in [1.29, 1.82) is 0 Å². The molecule has 2 N–H and O–H groups in total. The van der Waals surface area contributed by atoms with Crippen molar-refractivity contribution in [2.24, 2.45) is 5.92 Å². The van der Waals surface area contributed by atoms with Gasteiger partial charge in [0.2, 0.25) is 0 Å². The molecule has 2 aromatic carbocycles. The Morgan fingerprint density at radius 1 is 0.781 bits per heavy atom. The highest BCUT2D eigenvalue weighted by Gasteiger charge is 2.47. The minimum absolute atomic E-state index is 0.230. The SMILES string of the molecule is Brc1cccc2c3c([nH]c12)C(C1CCCC1)c1c([nH]c2c(Br)cccc12)C1(CCCC1)C3. The van der Waals surface area contributed by atoms with Gasteiger partial charge in [0.1, 0.15) is 0 Å². The van der Waals surface area contributed by atoms with Crippen LogP contribution in [0, 0.1) is 5.92 Å². The topological polar surface area (TPSA) is 31.6 Å². The normalized spacial score (nSPS) is 22.6. The highest BCUT2D eigenvalue weighted by Crippen LogP contribution is 2.56. The Morgan fingerprint density at radius 3 is 2.16 bits per heavy atom. The van der Waals surface area contributed by atoms with Crippen molar-refractivity contribution in [3.8, 4) is 0 Å². The van der Waals surface area contributed by atoms with E-state index >= 15 is 0 Å². The van der Waals surface area contributed by atoms with Gasteiger partial charge in [-0.15, -0.1) is 0 Å². The maximum absolute atomic E-state index is 4.02. The molecule has 2 fully saturated rings. The van der Waals surface area contributed by atoms with Crippen molar-refractivity contribution in [2.45, 2.75) is 69.1 Å². The van der Waals surface area contributed by atoms with Gasteiger partial charge in [-0.1, -0.05) is 49.9 Å². The number of hydrogen-bond acceptors (Lipinski definition) is 0. The smallest absolute Gasteiger partial charge is 0.0603 e. The number of H-pyrrole nitrogens is 2. The van der Waals surface area contributed by atoms with E-state index in [4.69, 9.17) is 0 Å². The Kier molecular flexibility index (Phi) is 4.50. The lowest BCUT2D eigenvalue weighted by atomic mass is 9.75. The van der Waals surface area contributed by atoms with Crippen molar-refractivity contribution in [2.75, 3.05) is 0 Å². The molecule has 0 saturated heterocycles. The van der Waals surface area contributed by atoms with Crippen LogP contribution in [0.5, 0.6) is 0 Å². The average Bonchev–Trinajstić information content (AvgIpc) is 3.57. The first-order chi connectivity index (χ1) is 15.7. The molecule has 3 aliphatic rings. The van der Waals surface area contributed by atoms with Crippen LogP contribution in [0.3, 0.4) is 0 Å². The third kappa shape index (κ3) is 2.69. The number of benzene rings is 2. The molecule has 0 bridgehead atoms. The Bertz CT molecular complexity index is 1350. The molecule has 164 valence electrons. The number of aromatic amines is 2. The molecular weight excluding hydrogens is 524 g/mol. The molecule has 1 spiro atoms. The number of para-hydroxylation sites is 2. The predicted molar refractivity (Wildman–Crippen MR) is 140 cm³/mol. The zero-order valence-electron chi connectivity index (χ0n) is 18.2. The monoisotopic (exact) mass is 550 g/mol. The van der Waals surface area contributed by atoms with Gasteiger partial charge < -0.3 is 9.97 Å². The summed E-state index contributed by atoms with van der Waals surface area (Å²) in [6.07, 6.45) is 11.8. The standard InChI is InChI=1S/C28H28Br2N2/c29-20-11-5-9-17-19-15-28(13-3-4-14-28)27-23(18-10-6-12-21(30)25(18)32-27)22(16-7-1-2-8-16)26(19)31-24(17)20/h5-6,9-12,16,22,31-32H,1-4,7-8,13-15H2. The van der Waals surface area contributed by atoms with Gasteiger partial charge in [0.05, 0.1) is 11.0 Å². The van der Waals surface area contributed by atoms with Gasteiger partial charge in [-0.25, -0.2) is 0 Å². The van der Waals surface area contributed by atoms with E-state index in [1.807, 2.05) is 0 Å². The molecule has 4 heteroatoms. The summed E-state index contributed by atoms with van der Waals surface area (Å²) in [7, 11) is 0. The Balaban J connectivity index is 1.61. The summed E-state index contributed by atoms with van der Waals surface area (Å²) in [4.78, 5) is 8.02. The molecule has 2 heterocycles. The van der Waals surface area contributed by atoms with Gasteiger partial charge in [0.25, 0.3) is 0 Å². The van der Waals surface area contributed by atoms with Crippen LogP contribution in [0.2, 0.25) is 0 Å². The lowest BCUT2D eigenvalue weighted by molar-refractivity contribution is 0.426. The maximum Gasteiger partial charge on any atom is 0.0603 e. The summed E-state index contributed by atoms with van der Waals surface area (Å²) in [6, 6.07) is 13.5. The fourth-order valence-electron chi connectivity index (χ4n) is 7.47. The Labute approximate surface area is 205 Å². The van der Waals surface area contributed by atoms with Crippen LogP contribution >= 0.6 is 31.9 Å². The third-order valence-electron chi connectivity index (χ3n) is 8.85. The number of nitrogens with one attached hydrogen (secondary N) is 2. The second-order valence-corrected chi connectivity index (χ2v) is 12.2. The lowest BCUT2D eigenvalue weighted by Crippen LogP contribution is -2.26. The van der Waals surface area contributed by atoms with Crippen LogP contribution in [-0.4, -0.2) is 9.97 Å². The van der Waals surface area contributed by atoms with E-state index in [1.165, 1.54) is 87.8 Å². The van der Waals surface area contributed by atoms with E-state index in [2.05, 4.69) is 78.2 Å². The van der Waals surface area contributed by atoms with Crippen LogP contribution in [-0.2, 0) is 11.8 Å². The van der Waals surface area contributed by atoms with Crippen molar-refractivity contribution in [3.63, 3.8) is 0 Å². The first-order valence-corrected chi connectivity index (χ1v) is 13.8. The molecule has 0 amide bonds. The highest BCUT2D eigenvalue weighted by atomic mass is 79.9. The van der Waals surface area contributed by atoms with Gasteiger partial charge in [0.15, 0.2) is 0 Å². The fourth-order valence-corrected chi connectivity index (χ4v) is 8.40. The molecule has 32 heavy (non-hydrogen) atoms. The van der Waals surface area contributed by atoms with Gasteiger partial charge in [0, 0.05) is 42.4 Å². The van der Waals surface area contributed by atoms with Gasteiger partial charge in [-0.3, -0.25) is 0 Å². The zero-order chi connectivity index (χ0) is 21.4. The summed E-state index contributed by atoms with van der Waals surface area (Å²) in [5.41, 5.74) is 9.08. The predicted octanol–water partition coefficient (Wildman–Crippen LogP) is 8.86. The quantitative estimate of drug-likeness (QED) is 0.237. The summed E-state index contributed by atoms with van der Waals surface area (Å²) in [5, 5.41) is 2.86. The molecule has 4 aromatic rings. The van der Waals surface area contributed by atoms with Crippen molar-refractivity contribution in [3.05, 3.63) is 67.9 Å². The average molecular weight is 552 g/mol.